The molecule has 3 heteroatoms. The first kappa shape index (κ1) is 17.5. The Bertz CT molecular complexity index is 577. The Morgan fingerprint density at radius 2 is 1.67 bits per heavy atom. The van der Waals surface area contributed by atoms with E-state index >= 15 is 0 Å². The summed E-state index contributed by atoms with van der Waals surface area (Å²) in [6.45, 7) is 21.7. The van der Waals surface area contributed by atoms with E-state index in [1.165, 1.54) is 25.7 Å². The van der Waals surface area contributed by atoms with Crippen LogP contribution in [0.15, 0.2) is 0 Å². The summed E-state index contributed by atoms with van der Waals surface area (Å²) in [4.78, 5) is 0. The van der Waals surface area contributed by atoms with Crippen LogP contribution in [0.1, 0.15) is 74.1 Å². The first-order valence-electron chi connectivity index (χ1n) is 10.0. The van der Waals surface area contributed by atoms with Crippen LogP contribution in [-0.4, -0.2) is 25.6 Å². The van der Waals surface area contributed by atoms with Crippen molar-refractivity contribution in [3.63, 3.8) is 0 Å². The van der Waals surface area contributed by atoms with E-state index in [0.29, 0.717) is 22.9 Å². The van der Waals surface area contributed by atoms with Crippen LogP contribution in [0, 0.1) is 22.7 Å². The van der Waals surface area contributed by atoms with Gasteiger partial charge in [-0.05, 0) is 73.4 Å². The zero-order chi connectivity index (χ0) is 18.0. The number of hydrogen-bond donors (Lipinski definition) is 0. The van der Waals surface area contributed by atoms with Gasteiger partial charge in [0.05, 0.1) is 6.10 Å². The molecule has 24 heavy (non-hydrogen) atoms. The van der Waals surface area contributed by atoms with Gasteiger partial charge in [0.15, 0.2) is 8.32 Å². The van der Waals surface area contributed by atoms with Gasteiger partial charge in [0.2, 0.25) is 0 Å². The van der Waals surface area contributed by atoms with Crippen molar-refractivity contribution < 1.29 is 9.16 Å². The van der Waals surface area contributed by atoms with Crippen molar-refractivity contribution in [2.45, 2.75) is 110 Å². The Balaban J connectivity index is 1.65. The fraction of sp³-hybridized carbons (Fsp3) is 1.00. The fourth-order valence-corrected chi connectivity index (χ4v) is 7.61. The van der Waals surface area contributed by atoms with Crippen LogP contribution in [0.3, 0.4) is 0 Å². The number of epoxide rings is 1. The van der Waals surface area contributed by atoms with Gasteiger partial charge < -0.3 is 9.16 Å². The minimum Gasteiger partial charge on any atom is -0.411 e. The molecule has 0 bridgehead atoms. The van der Waals surface area contributed by atoms with Crippen molar-refractivity contribution in [3.8, 4) is 0 Å². The molecule has 0 radical (unpaired) electrons. The third kappa shape index (κ3) is 2.07. The van der Waals surface area contributed by atoms with Gasteiger partial charge in [-0.25, -0.2) is 0 Å². The summed E-state index contributed by atoms with van der Waals surface area (Å²) in [5.41, 5.74) is 0.979. The zero-order valence-electron chi connectivity index (χ0n) is 17.4. The topological polar surface area (TPSA) is 21.8 Å². The highest BCUT2D eigenvalue weighted by Crippen LogP contribution is 2.79. The fourth-order valence-electron chi connectivity index (χ4n) is 6.22. The highest BCUT2D eigenvalue weighted by Gasteiger charge is 2.84. The molecule has 0 N–H and O–H groups in total. The molecule has 4 fully saturated rings. The summed E-state index contributed by atoms with van der Waals surface area (Å²) in [5, 5.41) is 0.265. The number of rotatable bonds is 2. The van der Waals surface area contributed by atoms with Gasteiger partial charge in [-0.2, -0.15) is 0 Å². The third-order valence-corrected chi connectivity index (χ3v) is 13.3. The minimum atomic E-state index is -1.76. The van der Waals surface area contributed by atoms with Gasteiger partial charge in [0.25, 0.3) is 0 Å². The second-order valence-electron chi connectivity index (χ2n) is 12.2. The predicted molar refractivity (Wildman–Crippen MR) is 102 cm³/mol. The molecular weight excluding hydrogens is 312 g/mol. The number of fused-ring (bicyclic) bond motifs is 2. The van der Waals surface area contributed by atoms with Crippen molar-refractivity contribution in [2.75, 3.05) is 0 Å². The Labute approximate surface area is 150 Å². The molecule has 0 aromatic heterocycles. The molecule has 138 valence electrons. The van der Waals surface area contributed by atoms with Crippen molar-refractivity contribution in [2.24, 2.45) is 22.7 Å². The molecule has 4 rings (SSSR count). The van der Waals surface area contributed by atoms with E-state index in [9.17, 15) is 0 Å². The number of hydrogen-bond acceptors (Lipinski definition) is 2. The first-order valence-corrected chi connectivity index (χ1v) is 13.0. The standard InChI is InChI=1S/C21H38O2Si/c1-17(2,3)24(8,9)22-16-10-15-19(6)12-14(19)11-18(4,5)13-21(15)20(16,7)23-21/h14-16H,10-13H2,1-9H3/t14-,15+,16+,19-,20+,21-/m1/s1. The molecule has 3 aliphatic carbocycles. The van der Waals surface area contributed by atoms with Crippen LogP contribution in [0.2, 0.25) is 18.1 Å². The van der Waals surface area contributed by atoms with E-state index in [0.717, 1.165) is 5.92 Å². The zero-order valence-corrected chi connectivity index (χ0v) is 18.4. The monoisotopic (exact) mass is 350 g/mol. The van der Waals surface area contributed by atoms with Gasteiger partial charge in [0.1, 0.15) is 11.2 Å². The predicted octanol–water partition coefficient (Wildman–Crippen LogP) is 5.77. The van der Waals surface area contributed by atoms with E-state index in [-0.39, 0.29) is 16.2 Å². The highest BCUT2D eigenvalue weighted by atomic mass is 28.4. The quantitative estimate of drug-likeness (QED) is 0.466. The molecule has 1 heterocycles. The molecule has 1 aliphatic heterocycles. The van der Waals surface area contributed by atoms with Gasteiger partial charge >= 0.3 is 0 Å². The smallest absolute Gasteiger partial charge is 0.192 e. The van der Waals surface area contributed by atoms with E-state index in [2.05, 4.69) is 61.6 Å². The normalized spacial score (nSPS) is 52.1. The molecule has 0 aromatic carbocycles. The van der Waals surface area contributed by atoms with E-state index in [1.807, 2.05) is 0 Å². The van der Waals surface area contributed by atoms with Crippen molar-refractivity contribution in [3.05, 3.63) is 0 Å². The Kier molecular flexibility index (Phi) is 3.17. The lowest BCUT2D eigenvalue weighted by Gasteiger charge is -2.40. The highest BCUT2D eigenvalue weighted by molar-refractivity contribution is 6.74. The van der Waals surface area contributed by atoms with Gasteiger partial charge in [0, 0.05) is 0 Å². The Morgan fingerprint density at radius 3 is 2.25 bits per heavy atom. The van der Waals surface area contributed by atoms with Crippen molar-refractivity contribution >= 4 is 8.32 Å². The third-order valence-electron chi connectivity index (χ3n) is 8.86. The van der Waals surface area contributed by atoms with Crippen LogP contribution in [0.25, 0.3) is 0 Å². The summed E-state index contributed by atoms with van der Waals surface area (Å²) in [6, 6.07) is 0. The Morgan fingerprint density at radius 1 is 1.04 bits per heavy atom. The summed E-state index contributed by atoms with van der Waals surface area (Å²) in [6.07, 6.45) is 5.55. The lowest BCUT2D eigenvalue weighted by molar-refractivity contribution is 0.0360. The molecule has 1 saturated heterocycles. The average molecular weight is 351 g/mol. The number of ether oxygens (including phenoxy) is 1. The van der Waals surface area contributed by atoms with E-state index in [1.54, 1.807) is 0 Å². The van der Waals surface area contributed by atoms with Crippen molar-refractivity contribution in [1.82, 2.24) is 0 Å². The summed E-state index contributed by atoms with van der Waals surface area (Å²) in [7, 11) is -1.76. The van der Waals surface area contributed by atoms with Crippen LogP contribution in [0.4, 0.5) is 0 Å². The first-order chi connectivity index (χ1) is 10.7. The van der Waals surface area contributed by atoms with Crippen LogP contribution >= 0.6 is 0 Å². The lowest BCUT2D eigenvalue weighted by Crippen LogP contribution is -2.47. The minimum absolute atomic E-state index is 0.0368. The summed E-state index contributed by atoms with van der Waals surface area (Å²) in [5.74, 6) is 1.62. The molecule has 6 atom stereocenters. The molecule has 2 nitrogen and oxygen atoms in total. The van der Waals surface area contributed by atoms with Gasteiger partial charge in [-0.3, -0.25) is 0 Å². The summed E-state index contributed by atoms with van der Waals surface area (Å²) < 4.78 is 13.6. The molecule has 3 saturated carbocycles. The second-order valence-corrected chi connectivity index (χ2v) is 17.0. The largest absolute Gasteiger partial charge is 0.411 e. The lowest BCUT2D eigenvalue weighted by atomic mass is 9.73. The molecular formula is C21H38O2Si. The maximum atomic E-state index is 6.94. The maximum Gasteiger partial charge on any atom is 0.192 e. The van der Waals surface area contributed by atoms with Crippen molar-refractivity contribution in [1.29, 1.82) is 0 Å². The van der Waals surface area contributed by atoms with E-state index in [4.69, 9.17) is 9.16 Å². The maximum absolute atomic E-state index is 6.94. The molecule has 0 unspecified atom stereocenters. The van der Waals surface area contributed by atoms with Crippen LogP contribution in [0.5, 0.6) is 0 Å². The Hall–Kier alpha value is 0.137. The molecule has 0 amide bonds. The second kappa shape index (κ2) is 4.34. The molecule has 0 aromatic rings. The van der Waals surface area contributed by atoms with Crippen LogP contribution < -0.4 is 0 Å². The van der Waals surface area contributed by atoms with Gasteiger partial charge in [-0.1, -0.05) is 41.5 Å². The van der Waals surface area contributed by atoms with E-state index < -0.39 is 8.32 Å². The molecule has 4 aliphatic rings. The molecule has 1 spiro atoms. The SMILES string of the molecule is CC1(C)C[C@@H]2C[C@@]2(C)[C@@H]2C[C@H](O[Si](C)(C)C(C)(C)C)[C@]3(C)O[C@]23C1. The average Bonchev–Trinajstić information content (AvgIpc) is 3.15. The van der Waals surface area contributed by atoms with Gasteiger partial charge in [-0.15, -0.1) is 0 Å². The van der Waals surface area contributed by atoms with Crippen LogP contribution in [-0.2, 0) is 9.16 Å². The summed E-state index contributed by atoms with van der Waals surface area (Å²) >= 11 is 0.